The Morgan fingerprint density at radius 2 is 1.77 bits per heavy atom. The first-order valence-electron chi connectivity index (χ1n) is 8.28. The van der Waals surface area contributed by atoms with Crippen LogP contribution in [-0.4, -0.2) is 11.1 Å². The van der Waals surface area contributed by atoms with Gasteiger partial charge in [0.1, 0.15) is 11.5 Å². The van der Waals surface area contributed by atoms with E-state index in [9.17, 15) is 14.3 Å². The van der Waals surface area contributed by atoms with Crippen LogP contribution in [0.4, 0.5) is 4.39 Å². The fourth-order valence-corrected chi connectivity index (χ4v) is 2.76. The monoisotopic (exact) mass is 354 g/mol. The highest BCUT2D eigenvalue weighted by Crippen LogP contribution is 2.24. The van der Waals surface area contributed by atoms with Gasteiger partial charge in [0.15, 0.2) is 11.6 Å². The van der Waals surface area contributed by atoms with Gasteiger partial charge in [0.25, 0.3) is 0 Å². The molecule has 1 N–H and O–H groups in total. The van der Waals surface area contributed by atoms with Gasteiger partial charge in [-0.3, -0.25) is 0 Å². The highest BCUT2D eigenvalue weighted by Gasteiger charge is 2.16. The van der Waals surface area contributed by atoms with Crippen LogP contribution in [0.5, 0.6) is 11.5 Å². The van der Waals surface area contributed by atoms with E-state index in [2.05, 4.69) is 0 Å². The number of rotatable bonds is 5. The summed E-state index contributed by atoms with van der Waals surface area (Å²) in [5.41, 5.74) is 2.73. The lowest BCUT2D eigenvalue weighted by Gasteiger charge is -2.07. The van der Waals surface area contributed by atoms with Gasteiger partial charge in [-0.1, -0.05) is 24.3 Å². The number of ether oxygens (including phenoxy) is 1. The number of benzene rings is 2. The number of halogens is 1. The van der Waals surface area contributed by atoms with Crippen LogP contribution in [0.1, 0.15) is 33.0 Å². The number of phenols is 1. The van der Waals surface area contributed by atoms with Crippen LogP contribution in [0.3, 0.4) is 0 Å². The lowest BCUT2D eigenvalue weighted by Crippen LogP contribution is -2.08. The number of carbonyl (C=O) groups excluding carboxylic acids is 1. The molecular formula is C21H19FO4. The molecule has 0 unspecified atom stereocenters. The maximum atomic E-state index is 13.5. The predicted molar refractivity (Wildman–Crippen MR) is 95.1 cm³/mol. The minimum absolute atomic E-state index is 0.0290. The maximum absolute atomic E-state index is 13.5. The smallest absolute Gasteiger partial charge is 0.379 e. The molecule has 26 heavy (non-hydrogen) atoms. The van der Waals surface area contributed by atoms with Gasteiger partial charge in [-0.25, -0.2) is 9.18 Å². The van der Waals surface area contributed by atoms with Crippen molar-refractivity contribution in [1.82, 2.24) is 0 Å². The number of para-hydroxylation sites is 1. The predicted octanol–water partition coefficient (Wildman–Crippen LogP) is 4.75. The molecule has 0 saturated carbocycles. The number of carbonyl (C=O) groups is 1. The van der Waals surface area contributed by atoms with E-state index in [0.717, 1.165) is 16.7 Å². The highest BCUT2D eigenvalue weighted by atomic mass is 19.1. The minimum Gasteiger partial charge on any atom is -0.507 e. The van der Waals surface area contributed by atoms with Gasteiger partial charge in [-0.2, -0.15) is 0 Å². The Balaban J connectivity index is 1.64. The molecule has 0 aliphatic rings. The first-order chi connectivity index (χ1) is 12.4. The van der Waals surface area contributed by atoms with E-state index >= 15 is 0 Å². The van der Waals surface area contributed by atoms with Gasteiger partial charge in [0, 0.05) is 6.42 Å². The molecule has 1 heterocycles. The summed E-state index contributed by atoms with van der Waals surface area (Å²) >= 11 is 0. The van der Waals surface area contributed by atoms with Crippen molar-refractivity contribution in [2.75, 3.05) is 0 Å². The molecule has 0 fully saturated rings. The Labute approximate surface area is 150 Å². The van der Waals surface area contributed by atoms with Crippen LogP contribution in [0.25, 0.3) is 0 Å². The van der Waals surface area contributed by atoms with E-state index in [1.165, 1.54) is 24.3 Å². The maximum Gasteiger partial charge on any atom is 0.379 e. The van der Waals surface area contributed by atoms with E-state index in [0.29, 0.717) is 24.4 Å². The molecule has 3 aromatic rings. The van der Waals surface area contributed by atoms with Gasteiger partial charge >= 0.3 is 5.97 Å². The summed E-state index contributed by atoms with van der Waals surface area (Å²) in [7, 11) is 0. The molecule has 0 saturated heterocycles. The molecular weight excluding hydrogens is 335 g/mol. The molecule has 3 rings (SSSR count). The number of hydrogen-bond acceptors (Lipinski definition) is 4. The SMILES string of the molecule is Cc1cc(CCc2ccc(C(=O)Oc3ccccc3F)o2)cc(C)c1O. The Hall–Kier alpha value is -3.08. The third kappa shape index (κ3) is 3.94. The van der Waals surface area contributed by atoms with E-state index in [-0.39, 0.29) is 11.5 Å². The van der Waals surface area contributed by atoms with Crippen molar-refractivity contribution in [3.05, 3.63) is 82.6 Å². The number of phenolic OH excluding ortho intramolecular Hbond substituents is 1. The number of aromatic hydroxyl groups is 1. The lowest BCUT2D eigenvalue weighted by molar-refractivity contribution is 0.0692. The van der Waals surface area contributed by atoms with Crippen molar-refractivity contribution in [3.8, 4) is 11.5 Å². The summed E-state index contributed by atoms with van der Waals surface area (Å²) in [6.45, 7) is 3.71. The fraction of sp³-hybridized carbons (Fsp3) is 0.190. The average molecular weight is 354 g/mol. The summed E-state index contributed by atoms with van der Waals surface area (Å²) in [5, 5.41) is 9.82. The highest BCUT2D eigenvalue weighted by molar-refractivity contribution is 5.88. The molecule has 5 heteroatoms. The van der Waals surface area contributed by atoms with Gasteiger partial charge in [-0.15, -0.1) is 0 Å². The summed E-state index contributed by atoms with van der Waals surface area (Å²) in [4.78, 5) is 12.1. The van der Waals surface area contributed by atoms with Crippen LogP contribution in [0.15, 0.2) is 52.9 Å². The molecule has 0 atom stereocenters. The van der Waals surface area contributed by atoms with Crippen molar-refractivity contribution in [2.45, 2.75) is 26.7 Å². The molecule has 0 spiro atoms. The first kappa shape index (κ1) is 17.7. The molecule has 0 bridgehead atoms. The van der Waals surface area contributed by atoms with Gasteiger partial charge < -0.3 is 14.3 Å². The fourth-order valence-electron chi connectivity index (χ4n) is 2.76. The number of furan rings is 1. The normalized spacial score (nSPS) is 10.7. The lowest BCUT2D eigenvalue weighted by atomic mass is 10.0. The molecule has 4 nitrogen and oxygen atoms in total. The van der Waals surface area contributed by atoms with Crippen LogP contribution in [0.2, 0.25) is 0 Å². The molecule has 0 aliphatic heterocycles. The van der Waals surface area contributed by atoms with Crippen molar-refractivity contribution >= 4 is 5.97 Å². The van der Waals surface area contributed by atoms with E-state index in [1.54, 1.807) is 12.1 Å². The third-order valence-electron chi connectivity index (χ3n) is 4.11. The molecule has 0 amide bonds. The van der Waals surface area contributed by atoms with Crippen molar-refractivity contribution in [1.29, 1.82) is 0 Å². The summed E-state index contributed by atoms with van der Waals surface area (Å²) in [6, 6.07) is 12.8. The Bertz CT molecular complexity index is 920. The molecule has 134 valence electrons. The van der Waals surface area contributed by atoms with E-state index in [1.807, 2.05) is 26.0 Å². The van der Waals surface area contributed by atoms with Crippen LogP contribution < -0.4 is 4.74 Å². The second kappa shape index (κ2) is 7.44. The Kier molecular flexibility index (Phi) is 5.07. The van der Waals surface area contributed by atoms with Crippen LogP contribution in [-0.2, 0) is 12.8 Å². The first-order valence-corrected chi connectivity index (χ1v) is 8.28. The number of aryl methyl sites for hydroxylation is 4. The number of esters is 1. The Morgan fingerprint density at radius 1 is 1.08 bits per heavy atom. The van der Waals surface area contributed by atoms with Gasteiger partial charge in [-0.05, 0) is 61.2 Å². The topological polar surface area (TPSA) is 59.7 Å². The molecule has 1 aromatic heterocycles. The third-order valence-corrected chi connectivity index (χ3v) is 4.11. The zero-order chi connectivity index (χ0) is 18.7. The summed E-state index contributed by atoms with van der Waals surface area (Å²) < 4.78 is 24.1. The van der Waals surface area contributed by atoms with Gasteiger partial charge in [0.2, 0.25) is 5.76 Å². The molecule has 0 aliphatic carbocycles. The number of hydrogen-bond donors (Lipinski definition) is 1. The molecule has 2 aromatic carbocycles. The minimum atomic E-state index is -0.738. The molecule has 0 radical (unpaired) electrons. The van der Waals surface area contributed by atoms with Crippen LogP contribution >= 0.6 is 0 Å². The quantitative estimate of drug-likeness (QED) is 0.531. The second-order valence-electron chi connectivity index (χ2n) is 6.16. The van der Waals surface area contributed by atoms with E-state index < -0.39 is 11.8 Å². The average Bonchev–Trinajstić information content (AvgIpc) is 3.09. The zero-order valence-electron chi connectivity index (χ0n) is 14.6. The standard InChI is InChI=1S/C21H19FO4/c1-13-11-15(12-14(2)20(13)23)7-8-16-9-10-19(25-16)21(24)26-18-6-4-3-5-17(18)22/h3-6,9-12,23H,7-8H2,1-2H3. The van der Waals surface area contributed by atoms with Crippen molar-refractivity contribution in [2.24, 2.45) is 0 Å². The Morgan fingerprint density at radius 3 is 2.46 bits per heavy atom. The summed E-state index contributed by atoms with van der Waals surface area (Å²) in [5.74, 6) is -0.506. The second-order valence-corrected chi connectivity index (χ2v) is 6.16. The zero-order valence-corrected chi connectivity index (χ0v) is 14.6. The van der Waals surface area contributed by atoms with Gasteiger partial charge in [0.05, 0.1) is 0 Å². The van der Waals surface area contributed by atoms with E-state index in [4.69, 9.17) is 9.15 Å². The largest absolute Gasteiger partial charge is 0.507 e. The van der Waals surface area contributed by atoms with Crippen molar-refractivity contribution in [3.63, 3.8) is 0 Å². The summed E-state index contributed by atoms with van der Waals surface area (Å²) in [6.07, 6.45) is 1.30. The van der Waals surface area contributed by atoms with Crippen molar-refractivity contribution < 1.29 is 23.4 Å². The van der Waals surface area contributed by atoms with Crippen LogP contribution in [0, 0.1) is 19.7 Å².